The summed E-state index contributed by atoms with van der Waals surface area (Å²) in [5.74, 6) is 0.537. The molecule has 3 aliphatic heterocycles. The average Bonchev–Trinajstić information content (AvgIpc) is 3.61. The minimum Gasteiger partial charge on any atom is -0.508 e. The molecular weight excluding hydrogens is 552 g/mol. The number of pyridine rings is 1. The molecule has 0 bridgehead atoms. The summed E-state index contributed by atoms with van der Waals surface area (Å²) in [4.78, 5) is 18.3. The number of nitrogens with zero attached hydrogens (tertiary/aromatic N) is 5. The van der Waals surface area contributed by atoms with Crippen LogP contribution in [0.4, 0.5) is 14.6 Å². The Balaban J connectivity index is 1.29. The highest BCUT2D eigenvalue weighted by Gasteiger charge is 2.49. The Hall–Kier alpha value is -2.98. The molecule has 0 radical (unpaired) electrons. The van der Waals surface area contributed by atoms with Gasteiger partial charge in [0.25, 0.3) is 0 Å². The van der Waals surface area contributed by atoms with E-state index in [0.717, 1.165) is 50.6 Å². The van der Waals surface area contributed by atoms with Crippen LogP contribution in [0.15, 0.2) is 12.1 Å². The molecule has 3 aromatic rings. The number of alkyl halides is 1. The molecule has 41 heavy (non-hydrogen) atoms. The van der Waals surface area contributed by atoms with Gasteiger partial charge >= 0.3 is 6.01 Å². The maximum atomic E-state index is 16.7. The molecule has 0 amide bonds. The lowest BCUT2D eigenvalue weighted by Gasteiger charge is -2.41. The van der Waals surface area contributed by atoms with E-state index in [1.54, 1.807) is 0 Å². The van der Waals surface area contributed by atoms with E-state index in [2.05, 4.69) is 9.88 Å². The largest absolute Gasteiger partial charge is 0.508 e. The third-order valence-corrected chi connectivity index (χ3v) is 10.1. The summed E-state index contributed by atoms with van der Waals surface area (Å²) in [5, 5.41) is 11.2. The van der Waals surface area contributed by atoms with E-state index >= 15 is 4.39 Å². The zero-order valence-electron chi connectivity index (χ0n) is 22.9. The second-order valence-corrected chi connectivity index (χ2v) is 12.9. The second-order valence-electron chi connectivity index (χ2n) is 12.5. The third-order valence-electron chi connectivity index (χ3n) is 9.78. The SMILES string of the molecule is CN1CC2CCC2Oc2nc(-c3cc(O)cc(Cl)c3C3CC3)c(F)c3nc(OC[C@@]45CCCN4C[C@H](F)C5)nc1c23. The molecule has 5 heterocycles. The van der Waals surface area contributed by atoms with Crippen molar-refractivity contribution in [3.05, 3.63) is 28.5 Å². The van der Waals surface area contributed by atoms with Gasteiger partial charge in [-0.25, -0.2) is 13.8 Å². The van der Waals surface area contributed by atoms with Gasteiger partial charge in [0, 0.05) is 43.1 Å². The summed E-state index contributed by atoms with van der Waals surface area (Å²) in [7, 11) is 1.93. The van der Waals surface area contributed by atoms with Crippen LogP contribution in [0.25, 0.3) is 22.2 Å². The third kappa shape index (κ3) is 4.12. The molecule has 2 saturated carbocycles. The molecule has 216 valence electrons. The number of hydrogen-bond acceptors (Lipinski definition) is 8. The maximum absolute atomic E-state index is 16.7. The van der Waals surface area contributed by atoms with Crippen LogP contribution in [0.5, 0.6) is 17.6 Å². The number of halogens is 3. The molecule has 0 spiro atoms. The quantitative estimate of drug-likeness (QED) is 0.414. The molecule has 2 aromatic heterocycles. The summed E-state index contributed by atoms with van der Waals surface area (Å²) in [5.41, 5.74) is 0.924. The summed E-state index contributed by atoms with van der Waals surface area (Å²) in [6.07, 6.45) is 5.13. The second kappa shape index (κ2) is 9.26. The fourth-order valence-corrected chi connectivity index (χ4v) is 7.79. The maximum Gasteiger partial charge on any atom is 0.319 e. The molecule has 2 aliphatic carbocycles. The highest BCUT2D eigenvalue weighted by molar-refractivity contribution is 6.32. The van der Waals surface area contributed by atoms with Gasteiger partial charge in [-0.2, -0.15) is 9.97 Å². The molecule has 5 aliphatic rings. The van der Waals surface area contributed by atoms with E-state index in [1.165, 1.54) is 12.1 Å². The van der Waals surface area contributed by atoms with Crippen LogP contribution >= 0.6 is 11.6 Å². The number of aromatic nitrogens is 3. The van der Waals surface area contributed by atoms with Gasteiger partial charge in [0.05, 0.1) is 5.54 Å². The van der Waals surface area contributed by atoms with Crippen LogP contribution < -0.4 is 14.4 Å². The normalized spacial score (nSPS) is 29.0. The van der Waals surface area contributed by atoms with Crippen molar-refractivity contribution in [3.8, 4) is 28.9 Å². The van der Waals surface area contributed by atoms with Crippen molar-refractivity contribution in [2.45, 2.75) is 68.7 Å². The number of phenolic OH excluding ortho intramolecular Hbond substituents is 1. The zero-order valence-corrected chi connectivity index (χ0v) is 23.6. The van der Waals surface area contributed by atoms with Crippen LogP contribution in [0.3, 0.4) is 0 Å². The highest BCUT2D eigenvalue weighted by Crippen LogP contribution is 2.51. The monoisotopic (exact) mass is 583 g/mol. The first kappa shape index (κ1) is 25.7. The topological polar surface area (TPSA) is 83.8 Å². The molecular formula is C30H32ClF2N5O3. The fourth-order valence-electron chi connectivity index (χ4n) is 7.43. The number of hydrogen-bond donors (Lipinski definition) is 1. The first-order valence-corrected chi connectivity index (χ1v) is 15.0. The van der Waals surface area contributed by atoms with Crippen molar-refractivity contribution < 1.29 is 23.4 Å². The Labute approximate surface area is 241 Å². The van der Waals surface area contributed by atoms with Gasteiger partial charge in [0.15, 0.2) is 5.82 Å². The minimum atomic E-state index is -0.882. The van der Waals surface area contributed by atoms with Crippen molar-refractivity contribution >= 4 is 28.3 Å². The smallest absolute Gasteiger partial charge is 0.319 e. The van der Waals surface area contributed by atoms with Crippen molar-refractivity contribution in [2.75, 3.05) is 38.2 Å². The number of phenols is 1. The van der Waals surface area contributed by atoms with Crippen LogP contribution in [0.1, 0.15) is 56.4 Å². The summed E-state index contributed by atoms with van der Waals surface area (Å²) >= 11 is 6.58. The molecule has 2 saturated heterocycles. The van der Waals surface area contributed by atoms with Crippen LogP contribution in [-0.4, -0.2) is 76.1 Å². The molecule has 11 heteroatoms. The van der Waals surface area contributed by atoms with Crippen LogP contribution in [0.2, 0.25) is 5.02 Å². The van der Waals surface area contributed by atoms with E-state index in [-0.39, 0.29) is 53.0 Å². The van der Waals surface area contributed by atoms with E-state index < -0.39 is 12.0 Å². The van der Waals surface area contributed by atoms with Crippen LogP contribution in [0, 0.1) is 11.7 Å². The van der Waals surface area contributed by atoms with Gasteiger partial charge in [-0.3, -0.25) is 4.90 Å². The van der Waals surface area contributed by atoms with Crippen molar-refractivity contribution in [2.24, 2.45) is 5.92 Å². The molecule has 4 atom stereocenters. The number of ether oxygens (including phenoxy) is 2. The lowest BCUT2D eigenvalue weighted by atomic mass is 9.81. The van der Waals surface area contributed by atoms with Gasteiger partial charge in [-0.05, 0) is 68.7 Å². The van der Waals surface area contributed by atoms with Gasteiger partial charge in [-0.15, -0.1) is 0 Å². The Morgan fingerprint density at radius 2 is 2.02 bits per heavy atom. The van der Waals surface area contributed by atoms with Gasteiger partial charge < -0.3 is 19.5 Å². The molecule has 1 N–H and O–H groups in total. The number of anilines is 1. The van der Waals surface area contributed by atoms with Gasteiger partial charge in [0.1, 0.15) is 47.0 Å². The Morgan fingerprint density at radius 1 is 1.17 bits per heavy atom. The van der Waals surface area contributed by atoms with E-state index in [9.17, 15) is 9.50 Å². The Kier molecular flexibility index (Phi) is 5.81. The van der Waals surface area contributed by atoms with Crippen molar-refractivity contribution in [1.29, 1.82) is 0 Å². The Morgan fingerprint density at radius 3 is 2.80 bits per heavy atom. The van der Waals surface area contributed by atoms with Crippen molar-refractivity contribution in [1.82, 2.24) is 19.9 Å². The number of rotatable bonds is 5. The standard InChI is InChI=1S/C30H32ClF2N5O3/c1-37-12-16-5-6-21(16)41-28-23-26(24(33)25(34-28)19-9-18(39)10-20(31)22(19)15-3-4-15)35-29(36-27(23)37)40-14-30-7-2-8-38(30)13-17(32)11-30/h9-10,15-17,21,39H,2-8,11-14H2,1H3/t16?,17-,21?,30+/m1/s1. The number of benzene rings is 1. The van der Waals surface area contributed by atoms with Gasteiger partial charge in [-0.1, -0.05) is 11.6 Å². The van der Waals surface area contributed by atoms with E-state index in [0.29, 0.717) is 47.2 Å². The first-order chi connectivity index (χ1) is 19.8. The first-order valence-electron chi connectivity index (χ1n) is 14.6. The minimum absolute atomic E-state index is 0.0327. The van der Waals surface area contributed by atoms with Crippen LogP contribution in [-0.2, 0) is 0 Å². The zero-order chi connectivity index (χ0) is 28.0. The molecule has 4 fully saturated rings. The molecule has 2 unspecified atom stereocenters. The Bertz CT molecular complexity index is 1570. The predicted molar refractivity (Wildman–Crippen MR) is 150 cm³/mol. The fraction of sp³-hybridized carbons (Fsp3) is 0.567. The van der Waals surface area contributed by atoms with E-state index in [1.807, 2.05) is 11.9 Å². The highest BCUT2D eigenvalue weighted by atomic mass is 35.5. The molecule has 8 nitrogen and oxygen atoms in total. The lowest BCUT2D eigenvalue weighted by Crippen LogP contribution is -2.45. The average molecular weight is 584 g/mol. The summed E-state index contributed by atoms with van der Waals surface area (Å²) in [6, 6.07) is 3.06. The predicted octanol–water partition coefficient (Wildman–Crippen LogP) is 5.63. The van der Waals surface area contributed by atoms with Gasteiger partial charge in [0.2, 0.25) is 5.88 Å². The summed E-state index contributed by atoms with van der Waals surface area (Å²) in [6.45, 7) is 2.20. The lowest BCUT2D eigenvalue weighted by molar-refractivity contribution is 0.0471. The summed E-state index contributed by atoms with van der Waals surface area (Å²) < 4.78 is 43.7. The number of fused-ring (bicyclic) bond motifs is 2. The van der Waals surface area contributed by atoms with E-state index in [4.69, 9.17) is 31.0 Å². The number of aromatic hydroxyl groups is 1. The molecule has 8 rings (SSSR count). The van der Waals surface area contributed by atoms with Crippen molar-refractivity contribution in [3.63, 3.8) is 0 Å². The molecule has 1 aromatic carbocycles.